The van der Waals surface area contributed by atoms with Gasteiger partial charge in [0.15, 0.2) is 5.69 Å². The molecule has 198 valence electrons. The molecule has 0 unspecified atom stereocenters. The lowest BCUT2D eigenvalue weighted by Crippen LogP contribution is -2.58. The van der Waals surface area contributed by atoms with E-state index in [0.717, 1.165) is 11.1 Å². The molecule has 3 heterocycles. The fraction of sp³-hybridized carbons (Fsp3) is 0.370. The number of H-pyrrole nitrogens is 1. The van der Waals surface area contributed by atoms with E-state index in [2.05, 4.69) is 20.7 Å². The summed E-state index contributed by atoms with van der Waals surface area (Å²) in [7, 11) is 1.58. The van der Waals surface area contributed by atoms with Gasteiger partial charge in [0, 0.05) is 25.7 Å². The molecule has 1 saturated heterocycles. The Hall–Kier alpha value is -4.25. The summed E-state index contributed by atoms with van der Waals surface area (Å²) < 4.78 is 12.4. The first-order valence-electron chi connectivity index (χ1n) is 12.5. The molecule has 0 radical (unpaired) electrons. The van der Waals surface area contributed by atoms with E-state index in [1.165, 1.54) is 4.90 Å². The van der Waals surface area contributed by atoms with Crippen molar-refractivity contribution in [2.24, 2.45) is 0 Å². The number of aromatic nitrogens is 3. The summed E-state index contributed by atoms with van der Waals surface area (Å²) in [6.07, 6.45) is 0.178. The molecule has 2 aliphatic heterocycles. The molecule has 2 atom stereocenters. The third-order valence-electron chi connectivity index (χ3n) is 6.86. The SMILES string of the molecule is Cc1ccc2cc1Oc1cccc(c1)CO[C@@H]1CCN(C(=O)c3n[nH]nc3C)C[C@@H]1NC(=O)CN(C)C2=O. The van der Waals surface area contributed by atoms with E-state index in [0.29, 0.717) is 42.3 Å². The Morgan fingerprint density at radius 1 is 1.11 bits per heavy atom. The minimum atomic E-state index is -0.478. The zero-order chi connectivity index (χ0) is 26.8. The number of likely N-dealkylation sites (N-methyl/N-ethyl adjacent to an activating group) is 1. The number of ether oxygens (including phenoxy) is 2. The first-order chi connectivity index (χ1) is 18.3. The van der Waals surface area contributed by atoms with Crippen molar-refractivity contribution < 1.29 is 23.9 Å². The summed E-state index contributed by atoms with van der Waals surface area (Å²) in [4.78, 5) is 42.2. The molecule has 2 N–H and O–H groups in total. The highest BCUT2D eigenvalue weighted by atomic mass is 16.5. The van der Waals surface area contributed by atoms with Crippen molar-refractivity contribution in [2.45, 2.75) is 39.0 Å². The molecule has 3 aromatic rings. The Balaban J connectivity index is 1.42. The minimum absolute atomic E-state index is 0.151. The number of fused-ring (bicyclic) bond motifs is 5. The van der Waals surface area contributed by atoms with E-state index >= 15 is 0 Å². The van der Waals surface area contributed by atoms with Crippen molar-refractivity contribution in [1.82, 2.24) is 30.5 Å². The van der Waals surface area contributed by atoms with Gasteiger partial charge >= 0.3 is 0 Å². The van der Waals surface area contributed by atoms with Crippen LogP contribution in [0.1, 0.15) is 44.1 Å². The van der Waals surface area contributed by atoms with Crippen LogP contribution in [0.25, 0.3) is 0 Å². The fourth-order valence-electron chi connectivity index (χ4n) is 4.72. The predicted octanol–water partition coefficient (Wildman–Crippen LogP) is 2.22. The first-order valence-corrected chi connectivity index (χ1v) is 12.5. The van der Waals surface area contributed by atoms with Crippen LogP contribution in [-0.4, -0.2) is 81.8 Å². The second kappa shape index (κ2) is 10.6. The van der Waals surface area contributed by atoms with Crippen LogP contribution in [0.4, 0.5) is 0 Å². The lowest BCUT2D eigenvalue weighted by atomic mass is 10.0. The van der Waals surface area contributed by atoms with Crippen LogP contribution in [0.2, 0.25) is 0 Å². The summed E-state index contributed by atoms with van der Waals surface area (Å²) in [6.45, 7) is 4.46. The van der Waals surface area contributed by atoms with Crippen LogP contribution in [0.15, 0.2) is 42.5 Å². The number of carbonyl (C=O) groups is 3. The van der Waals surface area contributed by atoms with Crippen molar-refractivity contribution in [1.29, 1.82) is 0 Å². The third-order valence-corrected chi connectivity index (χ3v) is 6.86. The molecular weight excluding hydrogens is 488 g/mol. The van der Waals surface area contributed by atoms with E-state index in [-0.39, 0.29) is 42.6 Å². The standard InChI is InChI=1S/C27H30N6O5/c1-16-7-8-19-12-23(16)38-20-6-4-5-18(11-20)15-37-22-9-10-33(27(36)25-17(2)29-31-30-25)13-21(22)28-24(34)14-32(3)26(19)35/h4-8,11-12,21-22H,9-10,13-15H2,1-3H3,(H,28,34)(H,29,30,31)/t21-,22+/m0/s1. The predicted molar refractivity (Wildman–Crippen MR) is 137 cm³/mol. The molecule has 1 fully saturated rings. The Labute approximate surface area is 220 Å². The van der Waals surface area contributed by atoms with E-state index in [1.807, 2.05) is 37.3 Å². The number of rotatable bonds is 1. The van der Waals surface area contributed by atoms with Gasteiger partial charge in [-0.25, -0.2) is 0 Å². The number of nitrogens with zero attached hydrogens (tertiary/aromatic N) is 4. The molecule has 1 aromatic heterocycles. The van der Waals surface area contributed by atoms with Gasteiger partial charge in [0.25, 0.3) is 11.8 Å². The minimum Gasteiger partial charge on any atom is -0.457 e. The smallest absolute Gasteiger partial charge is 0.276 e. The monoisotopic (exact) mass is 518 g/mol. The van der Waals surface area contributed by atoms with Crippen LogP contribution in [0.3, 0.4) is 0 Å². The summed E-state index contributed by atoms with van der Waals surface area (Å²) >= 11 is 0. The quantitative estimate of drug-likeness (QED) is 0.505. The van der Waals surface area contributed by atoms with Crippen LogP contribution in [0.5, 0.6) is 11.5 Å². The van der Waals surface area contributed by atoms with Gasteiger partial charge in [0.1, 0.15) is 11.5 Å². The lowest BCUT2D eigenvalue weighted by molar-refractivity contribution is -0.124. The van der Waals surface area contributed by atoms with Crippen molar-refractivity contribution in [2.75, 3.05) is 26.7 Å². The number of aromatic amines is 1. The van der Waals surface area contributed by atoms with Crippen LogP contribution in [0, 0.1) is 13.8 Å². The van der Waals surface area contributed by atoms with Gasteiger partial charge < -0.3 is 24.6 Å². The largest absolute Gasteiger partial charge is 0.457 e. The van der Waals surface area contributed by atoms with Gasteiger partial charge in [-0.05, 0) is 55.7 Å². The highest BCUT2D eigenvalue weighted by Crippen LogP contribution is 2.28. The van der Waals surface area contributed by atoms with E-state index in [1.54, 1.807) is 31.0 Å². The zero-order valence-electron chi connectivity index (χ0n) is 21.6. The number of nitrogens with one attached hydrogen (secondary N) is 2. The summed E-state index contributed by atoms with van der Waals surface area (Å²) in [5, 5.41) is 13.4. The molecule has 0 aliphatic carbocycles. The summed E-state index contributed by atoms with van der Waals surface area (Å²) in [6, 6.07) is 12.3. The van der Waals surface area contributed by atoms with Crippen molar-refractivity contribution >= 4 is 17.7 Å². The topological polar surface area (TPSA) is 130 Å². The first kappa shape index (κ1) is 25.4. The molecular formula is C27H30N6O5. The van der Waals surface area contributed by atoms with E-state index < -0.39 is 6.04 Å². The Bertz CT molecular complexity index is 1370. The molecule has 11 nitrogen and oxygen atoms in total. The van der Waals surface area contributed by atoms with Crippen molar-refractivity contribution in [3.05, 3.63) is 70.5 Å². The number of amides is 3. The fourth-order valence-corrected chi connectivity index (χ4v) is 4.72. The van der Waals surface area contributed by atoms with Gasteiger partial charge in [-0.2, -0.15) is 15.4 Å². The van der Waals surface area contributed by atoms with Gasteiger partial charge in [0.2, 0.25) is 5.91 Å². The average molecular weight is 519 g/mol. The summed E-state index contributed by atoms with van der Waals surface area (Å²) in [5.41, 5.74) is 2.97. The maximum absolute atomic E-state index is 13.1. The van der Waals surface area contributed by atoms with Crippen LogP contribution >= 0.6 is 0 Å². The Morgan fingerprint density at radius 3 is 2.74 bits per heavy atom. The molecule has 2 aliphatic rings. The molecule has 4 bridgehead atoms. The van der Waals surface area contributed by atoms with E-state index in [9.17, 15) is 14.4 Å². The van der Waals surface area contributed by atoms with Crippen LogP contribution in [-0.2, 0) is 16.1 Å². The van der Waals surface area contributed by atoms with Crippen LogP contribution < -0.4 is 10.1 Å². The molecule has 2 aromatic carbocycles. The van der Waals surface area contributed by atoms with Crippen molar-refractivity contribution in [3.8, 4) is 11.5 Å². The Morgan fingerprint density at radius 2 is 1.95 bits per heavy atom. The average Bonchev–Trinajstić information content (AvgIpc) is 3.33. The molecule has 11 heteroatoms. The van der Waals surface area contributed by atoms with Crippen molar-refractivity contribution in [3.63, 3.8) is 0 Å². The van der Waals surface area contributed by atoms with Gasteiger partial charge in [-0.15, -0.1) is 0 Å². The second-order valence-electron chi connectivity index (χ2n) is 9.71. The third kappa shape index (κ3) is 5.37. The molecule has 0 saturated carbocycles. The number of aryl methyl sites for hydroxylation is 2. The second-order valence-corrected chi connectivity index (χ2v) is 9.71. The van der Waals surface area contributed by atoms with Gasteiger partial charge in [-0.3, -0.25) is 14.4 Å². The molecule has 0 spiro atoms. The number of likely N-dealkylation sites (tertiary alicyclic amines) is 1. The highest BCUT2D eigenvalue weighted by Gasteiger charge is 2.35. The Kier molecular flexibility index (Phi) is 7.10. The normalized spacial score (nSPS) is 20.4. The number of hydrogen-bond acceptors (Lipinski definition) is 7. The maximum Gasteiger partial charge on any atom is 0.276 e. The maximum atomic E-state index is 13.1. The molecule has 3 amide bonds. The number of hydrogen-bond donors (Lipinski definition) is 2. The zero-order valence-corrected chi connectivity index (χ0v) is 21.6. The summed E-state index contributed by atoms with van der Waals surface area (Å²) in [5.74, 6) is 0.291. The number of piperidine rings is 1. The molecule has 5 rings (SSSR count). The molecule has 38 heavy (non-hydrogen) atoms. The van der Waals surface area contributed by atoms with E-state index in [4.69, 9.17) is 9.47 Å². The number of carbonyl (C=O) groups excluding carboxylic acids is 3. The lowest BCUT2D eigenvalue weighted by Gasteiger charge is -2.38. The number of benzene rings is 2. The van der Waals surface area contributed by atoms with Gasteiger partial charge in [-0.1, -0.05) is 18.2 Å². The highest BCUT2D eigenvalue weighted by molar-refractivity contribution is 5.97. The van der Waals surface area contributed by atoms with Gasteiger partial charge in [0.05, 0.1) is 31.0 Å².